The van der Waals surface area contributed by atoms with Crippen LogP contribution >= 0.6 is 0 Å². The fraction of sp³-hybridized carbons (Fsp3) is 0.533. The topological polar surface area (TPSA) is 136 Å². The molecule has 4 fully saturated rings. The maximum Gasteiger partial charge on any atom is 0.407 e. The van der Waals surface area contributed by atoms with Crippen LogP contribution in [0.4, 0.5) is 4.79 Å². The molecule has 3 amide bonds. The maximum atomic E-state index is 13.9. The van der Waals surface area contributed by atoms with E-state index in [1.54, 1.807) is 0 Å². The average Bonchev–Trinajstić information content (AvgIpc) is 3.99. The van der Waals surface area contributed by atoms with E-state index < -0.39 is 12.1 Å². The highest BCUT2D eigenvalue weighted by Crippen LogP contribution is 2.49. The van der Waals surface area contributed by atoms with Crippen molar-refractivity contribution in [3.63, 3.8) is 0 Å². The lowest BCUT2D eigenvalue weighted by atomic mass is 9.96. The van der Waals surface area contributed by atoms with Crippen molar-refractivity contribution >= 4 is 17.9 Å². The number of methoxy groups -OCH3 is 1. The van der Waals surface area contributed by atoms with Crippen LogP contribution in [0.15, 0.2) is 60.9 Å². The third-order valence-corrected chi connectivity index (χ3v) is 13.1. The van der Waals surface area contributed by atoms with Crippen LogP contribution in [0.2, 0.25) is 0 Å². The van der Waals surface area contributed by atoms with Gasteiger partial charge in [0.2, 0.25) is 11.8 Å². The number of amides is 3. The Morgan fingerprint density at radius 2 is 1.07 bits per heavy atom. The first-order chi connectivity index (χ1) is 27.0. The van der Waals surface area contributed by atoms with Crippen LogP contribution in [0.3, 0.4) is 0 Å². The molecule has 0 radical (unpaired) electrons. The number of carbonyl (C=O) groups is 3. The normalized spacial score (nSPS) is 23.5. The third-order valence-electron chi connectivity index (χ3n) is 13.1. The summed E-state index contributed by atoms with van der Waals surface area (Å²) in [5, 5.41) is 2.76. The van der Waals surface area contributed by atoms with Gasteiger partial charge in [-0.3, -0.25) is 9.59 Å². The Labute approximate surface area is 330 Å². The number of alkyl carbamates (subject to hydrolysis) is 1. The monoisotopic (exact) mass is 759 g/mol. The second-order valence-corrected chi connectivity index (χ2v) is 17.6. The largest absolute Gasteiger partial charge is 0.453 e. The molecule has 56 heavy (non-hydrogen) atoms. The molecule has 0 unspecified atom stereocenters. The van der Waals surface area contributed by atoms with Crippen LogP contribution in [0.25, 0.3) is 33.6 Å². The van der Waals surface area contributed by atoms with E-state index in [0.29, 0.717) is 30.2 Å². The Morgan fingerprint density at radius 3 is 1.46 bits per heavy atom. The van der Waals surface area contributed by atoms with Gasteiger partial charge in [-0.05, 0) is 96.3 Å². The minimum atomic E-state index is -0.672. The van der Waals surface area contributed by atoms with Crippen molar-refractivity contribution in [3.05, 3.63) is 72.6 Å². The summed E-state index contributed by atoms with van der Waals surface area (Å²) < 4.78 is 4.83. The summed E-state index contributed by atoms with van der Waals surface area (Å²) in [6.45, 7) is 11.7. The Balaban J connectivity index is 0.948. The van der Waals surface area contributed by atoms with E-state index in [9.17, 15) is 14.4 Å². The summed E-state index contributed by atoms with van der Waals surface area (Å²) in [6, 6.07) is 16.1. The van der Waals surface area contributed by atoms with Crippen molar-refractivity contribution in [1.82, 2.24) is 35.1 Å². The van der Waals surface area contributed by atoms with Crippen molar-refractivity contribution in [3.8, 4) is 33.6 Å². The first-order valence-electron chi connectivity index (χ1n) is 20.8. The number of nitrogens with zero attached hydrogens (tertiary/aromatic N) is 4. The number of carbonyl (C=O) groups excluding carboxylic acids is 3. The molecular weight excluding hydrogens is 703 g/mol. The second-order valence-electron chi connectivity index (χ2n) is 17.6. The lowest BCUT2D eigenvalue weighted by molar-refractivity contribution is -0.137. The van der Waals surface area contributed by atoms with Crippen LogP contribution in [0.1, 0.15) is 96.9 Å². The van der Waals surface area contributed by atoms with Crippen LogP contribution in [-0.4, -0.2) is 73.9 Å². The quantitative estimate of drug-likeness (QED) is 0.133. The third kappa shape index (κ3) is 7.74. The van der Waals surface area contributed by atoms with E-state index in [1.165, 1.54) is 32.8 Å². The molecular formula is C45H57N7O4. The number of benzene rings is 2. The zero-order valence-electron chi connectivity index (χ0n) is 33.6. The predicted octanol–water partition coefficient (Wildman–Crippen LogP) is 8.41. The van der Waals surface area contributed by atoms with Crippen LogP contribution < -0.4 is 5.32 Å². The number of imidazole rings is 2. The summed E-state index contributed by atoms with van der Waals surface area (Å²) in [4.78, 5) is 60.4. The summed E-state index contributed by atoms with van der Waals surface area (Å²) in [5.74, 6) is 4.41. The van der Waals surface area contributed by atoms with Gasteiger partial charge < -0.3 is 29.8 Å². The van der Waals surface area contributed by atoms with Crippen LogP contribution in [0.5, 0.6) is 0 Å². The molecule has 0 spiro atoms. The molecule has 2 aliphatic carbocycles. The highest BCUT2D eigenvalue weighted by atomic mass is 16.5. The number of aromatic nitrogens is 4. The summed E-state index contributed by atoms with van der Waals surface area (Å²) >= 11 is 0. The van der Waals surface area contributed by atoms with E-state index in [0.717, 1.165) is 70.6 Å². The first kappa shape index (κ1) is 38.0. The summed E-state index contributed by atoms with van der Waals surface area (Å²) in [6.07, 6.45) is 9.98. The molecule has 2 saturated carbocycles. The highest BCUT2D eigenvalue weighted by molar-refractivity contribution is 5.86. The SMILES string of the molecule is COC(=O)N[C@H](C(=O)N1C[C@@H](C2CC2)C[C@H]1c1ncc(-c2ccc(-c3ccc(-c4cnc([C@@H]5C[C@H](C6CC6)CN5C(=O)[C@@H](C)C(C)C)[nH]4)cc3)cc2)[nH]1)C(C)C. The molecule has 296 valence electrons. The number of aromatic amines is 2. The fourth-order valence-electron chi connectivity index (χ4n) is 8.98. The molecule has 8 rings (SSSR count). The number of nitrogens with one attached hydrogen (secondary N) is 3. The van der Waals surface area contributed by atoms with Gasteiger partial charge in [-0.25, -0.2) is 14.8 Å². The molecule has 6 atom stereocenters. The number of hydrogen-bond donors (Lipinski definition) is 3. The maximum absolute atomic E-state index is 13.9. The van der Waals surface area contributed by atoms with E-state index in [4.69, 9.17) is 14.7 Å². The van der Waals surface area contributed by atoms with Gasteiger partial charge in [0.25, 0.3) is 0 Å². The van der Waals surface area contributed by atoms with Gasteiger partial charge in [-0.1, -0.05) is 83.1 Å². The molecule has 4 aromatic rings. The van der Waals surface area contributed by atoms with Crippen molar-refractivity contribution in [1.29, 1.82) is 0 Å². The van der Waals surface area contributed by atoms with E-state index in [1.807, 2.05) is 31.1 Å². The van der Waals surface area contributed by atoms with Crippen LogP contribution in [-0.2, 0) is 14.3 Å². The first-order valence-corrected chi connectivity index (χ1v) is 20.8. The van der Waals surface area contributed by atoms with E-state index >= 15 is 0 Å². The summed E-state index contributed by atoms with van der Waals surface area (Å²) in [7, 11) is 1.32. The molecule has 11 heteroatoms. The lowest BCUT2D eigenvalue weighted by Gasteiger charge is -2.30. The van der Waals surface area contributed by atoms with Crippen molar-refractivity contribution in [2.75, 3.05) is 20.2 Å². The standard InChI is InChI=1S/C45H57N7O4/c1-25(2)27(5)43(53)51-23-34(30-7-8-30)19-38(51)41-46-21-36(48-41)32-15-11-28(12-16-32)29-13-17-33(18-14-29)37-22-47-42(49-37)39-20-35(31-9-10-31)24-52(39)44(54)40(26(3)4)50-45(55)56-6/h11-18,21-22,25-27,30-31,34-35,38-40H,7-10,19-20,23-24H2,1-6H3,(H,46,48)(H,47,49)(H,50,55)/t27-,34-,35-,38-,39-,40-/m0/s1. The molecule has 4 heterocycles. The second kappa shape index (κ2) is 15.5. The average molecular weight is 760 g/mol. The summed E-state index contributed by atoms with van der Waals surface area (Å²) in [5.41, 5.74) is 6.15. The smallest absolute Gasteiger partial charge is 0.407 e. The minimum absolute atomic E-state index is 0.00129. The molecule has 2 aromatic heterocycles. The molecule has 11 nitrogen and oxygen atoms in total. The predicted molar refractivity (Wildman–Crippen MR) is 216 cm³/mol. The van der Waals surface area contributed by atoms with Crippen molar-refractivity contribution in [2.45, 2.75) is 91.3 Å². The number of rotatable bonds is 12. The van der Waals surface area contributed by atoms with E-state index in [-0.39, 0.29) is 35.7 Å². The number of likely N-dealkylation sites (tertiary alicyclic amines) is 2. The fourth-order valence-corrected chi connectivity index (χ4v) is 8.98. The molecule has 2 aromatic carbocycles. The molecule has 2 saturated heterocycles. The van der Waals surface area contributed by atoms with Crippen molar-refractivity contribution in [2.24, 2.45) is 41.4 Å². The van der Waals surface area contributed by atoms with Gasteiger partial charge in [0.05, 0.1) is 43.0 Å². The minimum Gasteiger partial charge on any atom is -0.453 e. The lowest BCUT2D eigenvalue weighted by Crippen LogP contribution is -2.51. The van der Waals surface area contributed by atoms with Crippen molar-refractivity contribution < 1.29 is 19.1 Å². The van der Waals surface area contributed by atoms with E-state index in [2.05, 4.69) is 89.5 Å². The van der Waals surface area contributed by atoms with Crippen LogP contribution in [0, 0.1) is 41.4 Å². The molecule has 4 aliphatic rings. The Hall–Kier alpha value is -4.93. The number of hydrogen-bond acceptors (Lipinski definition) is 6. The van der Waals surface area contributed by atoms with Gasteiger partial charge in [-0.2, -0.15) is 0 Å². The Kier molecular flexibility index (Phi) is 10.5. The Bertz CT molecular complexity index is 2030. The van der Waals surface area contributed by atoms with Gasteiger partial charge in [0.15, 0.2) is 0 Å². The number of ether oxygens (including phenoxy) is 1. The highest BCUT2D eigenvalue weighted by Gasteiger charge is 2.47. The molecule has 0 bridgehead atoms. The zero-order valence-corrected chi connectivity index (χ0v) is 33.6. The van der Waals surface area contributed by atoms with Gasteiger partial charge in [0, 0.05) is 19.0 Å². The molecule has 2 aliphatic heterocycles. The van der Waals surface area contributed by atoms with Gasteiger partial charge in [0.1, 0.15) is 17.7 Å². The van der Waals surface area contributed by atoms with Gasteiger partial charge >= 0.3 is 6.09 Å². The molecule has 3 N–H and O–H groups in total. The Morgan fingerprint density at radius 1 is 0.643 bits per heavy atom. The van der Waals surface area contributed by atoms with Gasteiger partial charge in [-0.15, -0.1) is 0 Å². The zero-order chi connectivity index (χ0) is 39.2. The number of H-pyrrole nitrogens is 2.